The number of carbonyl (C=O) groups is 3. The zero-order chi connectivity index (χ0) is 21.3. The molecule has 30 heavy (non-hydrogen) atoms. The number of nitrogens with one attached hydrogen (secondary N) is 1. The van der Waals surface area contributed by atoms with Crippen molar-refractivity contribution in [3.63, 3.8) is 0 Å². The predicted octanol–water partition coefficient (Wildman–Crippen LogP) is 4.55. The Balaban J connectivity index is 1.59. The lowest BCUT2D eigenvalue weighted by Gasteiger charge is -2.27. The third-order valence-corrected chi connectivity index (χ3v) is 6.30. The van der Waals surface area contributed by atoms with Gasteiger partial charge in [0, 0.05) is 27.6 Å². The molecule has 6 nitrogen and oxygen atoms in total. The third-order valence-electron chi connectivity index (χ3n) is 4.91. The fourth-order valence-corrected chi connectivity index (χ4v) is 4.81. The molecule has 2 N–H and O–H groups in total. The van der Waals surface area contributed by atoms with E-state index in [9.17, 15) is 19.5 Å². The summed E-state index contributed by atoms with van der Waals surface area (Å²) in [5.41, 5.74) is 1.75. The van der Waals surface area contributed by atoms with Crippen LogP contribution in [0.4, 0.5) is 5.00 Å². The Hall–Kier alpha value is -3.16. The zero-order valence-electron chi connectivity index (χ0n) is 15.7. The molecule has 1 aromatic heterocycles. The van der Waals surface area contributed by atoms with E-state index in [4.69, 9.17) is 11.6 Å². The molecular weight excluding hydrogens is 424 g/mol. The SMILES string of the molecule is O=C(Nc1sc2c(c1C(=O)O)CCN(C(=O)c1ccc(Cl)cc1)C2)c1ccccc1. The normalized spacial score (nSPS) is 12.9. The molecule has 0 fully saturated rings. The fraction of sp³-hybridized carbons (Fsp3) is 0.136. The van der Waals surface area contributed by atoms with Crippen LogP contribution in [0.15, 0.2) is 54.6 Å². The van der Waals surface area contributed by atoms with Gasteiger partial charge in [-0.1, -0.05) is 29.8 Å². The van der Waals surface area contributed by atoms with Crippen molar-refractivity contribution >= 4 is 45.7 Å². The number of benzene rings is 2. The molecule has 4 rings (SSSR count). The van der Waals surface area contributed by atoms with Gasteiger partial charge in [0.05, 0.1) is 12.1 Å². The number of rotatable bonds is 4. The van der Waals surface area contributed by atoms with Gasteiger partial charge in [-0.2, -0.15) is 0 Å². The summed E-state index contributed by atoms with van der Waals surface area (Å²) in [5, 5.41) is 13.3. The van der Waals surface area contributed by atoms with Crippen LogP contribution in [-0.2, 0) is 13.0 Å². The van der Waals surface area contributed by atoms with Gasteiger partial charge < -0.3 is 15.3 Å². The van der Waals surface area contributed by atoms with Crippen LogP contribution in [-0.4, -0.2) is 34.3 Å². The van der Waals surface area contributed by atoms with Gasteiger partial charge in [0.2, 0.25) is 0 Å². The number of thiophene rings is 1. The first kappa shape index (κ1) is 20.1. The van der Waals surface area contributed by atoms with Crippen LogP contribution >= 0.6 is 22.9 Å². The van der Waals surface area contributed by atoms with E-state index in [1.807, 2.05) is 0 Å². The molecule has 0 bridgehead atoms. The Labute approximate surface area is 181 Å². The number of hydrogen-bond donors (Lipinski definition) is 2. The van der Waals surface area contributed by atoms with Crippen molar-refractivity contribution in [1.82, 2.24) is 4.90 Å². The summed E-state index contributed by atoms with van der Waals surface area (Å²) in [5.74, 6) is -1.60. The highest BCUT2D eigenvalue weighted by molar-refractivity contribution is 7.17. The zero-order valence-corrected chi connectivity index (χ0v) is 17.3. The number of carboxylic acid groups (broad SMARTS) is 1. The topological polar surface area (TPSA) is 86.7 Å². The number of hydrogen-bond acceptors (Lipinski definition) is 4. The van der Waals surface area contributed by atoms with E-state index in [2.05, 4.69) is 5.32 Å². The minimum absolute atomic E-state index is 0.109. The van der Waals surface area contributed by atoms with Crippen LogP contribution in [0.1, 0.15) is 41.5 Å². The average Bonchev–Trinajstić information content (AvgIpc) is 3.11. The van der Waals surface area contributed by atoms with Crippen LogP contribution in [0.5, 0.6) is 0 Å². The molecule has 2 heterocycles. The van der Waals surface area contributed by atoms with E-state index < -0.39 is 5.97 Å². The first-order valence-electron chi connectivity index (χ1n) is 9.23. The van der Waals surface area contributed by atoms with E-state index in [0.29, 0.717) is 46.2 Å². The molecule has 1 aliphatic rings. The maximum atomic E-state index is 12.8. The van der Waals surface area contributed by atoms with Gasteiger partial charge in [-0.05, 0) is 48.4 Å². The highest BCUT2D eigenvalue weighted by Gasteiger charge is 2.30. The summed E-state index contributed by atoms with van der Waals surface area (Å²) in [6.45, 7) is 0.695. The van der Waals surface area contributed by atoms with E-state index in [1.54, 1.807) is 59.5 Å². The van der Waals surface area contributed by atoms with Crippen molar-refractivity contribution in [2.24, 2.45) is 0 Å². The van der Waals surface area contributed by atoms with Gasteiger partial charge in [0.1, 0.15) is 5.00 Å². The van der Waals surface area contributed by atoms with E-state index in [0.717, 1.165) is 4.88 Å². The molecule has 2 aromatic carbocycles. The standard InChI is InChI=1S/C22H17ClN2O4S/c23-15-8-6-14(7-9-15)21(27)25-11-10-16-17(12-25)30-20(18(16)22(28)29)24-19(26)13-4-2-1-3-5-13/h1-9H,10-12H2,(H,24,26)(H,28,29). The number of carboxylic acids is 1. The molecule has 0 aliphatic carbocycles. The predicted molar refractivity (Wildman–Crippen MR) is 116 cm³/mol. The Morgan fingerprint density at radius 3 is 2.37 bits per heavy atom. The Morgan fingerprint density at radius 1 is 1.00 bits per heavy atom. The average molecular weight is 441 g/mol. The van der Waals surface area contributed by atoms with E-state index >= 15 is 0 Å². The lowest BCUT2D eigenvalue weighted by molar-refractivity contribution is 0.0696. The Bertz CT molecular complexity index is 1130. The summed E-state index contributed by atoms with van der Waals surface area (Å²) in [7, 11) is 0. The fourth-order valence-electron chi connectivity index (χ4n) is 3.43. The summed E-state index contributed by atoms with van der Waals surface area (Å²) >= 11 is 7.10. The van der Waals surface area contributed by atoms with Gasteiger partial charge in [0.25, 0.3) is 11.8 Å². The molecule has 8 heteroatoms. The lowest BCUT2D eigenvalue weighted by Crippen LogP contribution is -2.35. The first-order valence-corrected chi connectivity index (χ1v) is 10.4. The smallest absolute Gasteiger partial charge is 0.339 e. The van der Waals surface area contributed by atoms with Gasteiger partial charge >= 0.3 is 5.97 Å². The Morgan fingerprint density at radius 2 is 1.70 bits per heavy atom. The number of amides is 2. The monoisotopic (exact) mass is 440 g/mol. The second-order valence-electron chi connectivity index (χ2n) is 6.82. The highest BCUT2D eigenvalue weighted by atomic mass is 35.5. The van der Waals surface area contributed by atoms with Crippen molar-refractivity contribution in [3.8, 4) is 0 Å². The number of nitrogens with zero attached hydrogens (tertiary/aromatic N) is 1. The molecule has 3 aromatic rings. The lowest BCUT2D eigenvalue weighted by atomic mass is 10.0. The molecule has 0 saturated heterocycles. The second-order valence-corrected chi connectivity index (χ2v) is 8.36. The van der Waals surface area contributed by atoms with Crippen molar-refractivity contribution in [2.45, 2.75) is 13.0 Å². The molecule has 0 atom stereocenters. The number of halogens is 1. The summed E-state index contributed by atoms with van der Waals surface area (Å²) in [6.07, 6.45) is 0.411. The summed E-state index contributed by atoms with van der Waals surface area (Å²) in [6, 6.07) is 15.3. The van der Waals surface area contributed by atoms with Crippen LogP contribution < -0.4 is 5.32 Å². The second kappa shape index (κ2) is 8.30. The maximum Gasteiger partial charge on any atom is 0.339 e. The minimum atomic E-state index is -1.09. The van der Waals surface area contributed by atoms with Crippen LogP contribution in [0.2, 0.25) is 5.02 Å². The molecule has 152 valence electrons. The quantitative estimate of drug-likeness (QED) is 0.623. The van der Waals surface area contributed by atoms with Crippen LogP contribution in [0.3, 0.4) is 0 Å². The third kappa shape index (κ3) is 3.94. The van der Waals surface area contributed by atoms with Gasteiger partial charge in [-0.3, -0.25) is 9.59 Å². The largest absolute Gasteiger partial charge is 0.478 e. The van der Waals surface area contributed by atoms with Crippen molar-refractivity contribution in [3.05, 3.63) is 86.8 Å². The molecule has 0 unspecified atom stereocenters. The molecule has 0 radical (unpaired) electrons. The number of fused-ring (bicyclic) bond motifs is 1. The molecule has 1 aliphatic heterocycles. The van der Waals surface area contributed by atoms with Crippen LogP contribution in [0.25, 0.3) is 0 Å². The van der Waals surface area contributed by atoms with Crippen molar-refractivity contribution in [2.75, 3.05) is 11.9 Å². The highest BCUT2D eigenvalue weighted by Crippen LogP contribution is 2.37. The van der Waals surface area contributed by atoms with Gasteiger partial charge in [0.15, 0.2) is 0 Å². The minimum Gasteiger partial charge on any atom is -0.478 e. The van der Waals surface area contributed by atoms with Crippen LogP contribution in [0, 0.1) is 0 Å². The first-order chi connectivity index (χ1) is 14.4. The number of aromatic carboxylic acids is 1. The van der Waals surface area contributed by atoms with Crippen molar-refractivity contribution < 1.29 is 19.5 Å². The summed E-state index contributed by atoms with van der Waals surface area (Å²) < 4.78 is 0. The molecule has 0 spiro atoms. The van der Waals surface area contributed by atoms with E-state index in [-0.39, 0.29) is 17.4 Å². The molecular formula is C22H17ClN2O4S. The number of anilines is 1. The van der Waals surface area contributed by atoms with Crippen molar-refractivity contribution in [1.29, 1.82) is 0 Å². The van der Waals surface area contributed by atoms with E-state index in [1.165, 1.54) is 11.3 Å². The maximum absolute atomic E-state index is 12.8. The molecule has 0 saturated carbocycles. The molecule has 2 amide bonds. The number of carbonyl (C=O) groups excluding carboxylic acids is 2. The van der Waals surface area contributed by atoms with Gasteiger partial charge in [-0.15, -0.1) is 11.3 Å². The van der Waals surface area contributed by atoms with Gasteiger partial charge in [-0.25, -0.2) is 4.79 Å². The Kier molecular flexibility index (Phi) is 5.57. The summed E-state index contributed by atoms with van der Waals surface area (Å²) in [4.78, 5) is 39.7.